The van der Waals surface area contributed by atoms with Crippen molar-refractivity contribution in [3.05, 3.63) is 41.0 Å². The van der Waals surface area contributed by atoms with E-state index in [1.54, 1.807) is 6.07 Å². The summed E-state index contributed by atoms with van der Waals surface area (Å²) in [5.74, 6) is 2.00. The van der Waals surface area contributed by atoms with Crippen molar-refractivity contribution in [2.75, 3.05) is 24.6 Å². The second kappa shape index (κ2) is 5.89. The summed E-state index contributed by atoms with van der Waals surface area (Å²) in [4.78, 5) is 14.2. The Morgan fingerprint density at radius 1 is 1.30 bits per heavy atom. The van der Waals surface area contributed by atoms with Gasteiger partial charge in [0.05, 0.1) is 10.7 Å². The van der Waals surface area contributed by atoms with Crippen LogP contribution in [0.2, 0.25) is 5.02 Å². The van der Waals surface area contributed by atoms with E-state index in [0.717, 1.165) is 30.2 Å². The Morgan fingerprint density at radius 2 is 2.05 bits per heavy atom. The molecule has 1 aromatic heterocycles. The topological polar surface area (TPSA) is 49.0 Å². The predicted molar refractivity (Wildman–Crippen MR) is 82.3 cm³/mol. The van der Waals surface area contributed by atoms with Crippen LogP contribution in [0.25, 0.3) is 11.3 Å². The van der Waals surface area contributed by atoms with E-state index in [1.165, 1.54) is 0 Å². The van der Waals surface area contributed by atoms with Gasteiger partial charge in [-0.2, -0.15) is 16.9 Å². The van der Waals surface area contributed by atoms with Gasteiger partial charge in [-0.05, 0) is 12.1 Å². The highest BCUT2D eigenvalue weighted by atomic mass is 35.5. The van der Waals surface area contributed by atoms with Gasteiger partial charge >= 0.3 is 0 Å². The lowest BCUT2D eigenvalue weighted by Crippen LogP contribution is -2.38. The fourth-order valence-electron chi connectivity index (χ4n) is 2.17. The van der Waals surface area contributed by atoms with Gasteiger partial charge in [0.1, 0.15) is 5.69 Å². The fourth-order valence-corrected chi connectivity index (χ4v) is 3.31. The minimum atomic E-state index is 0.0103. The number of benzene rings is 1. The number of hydrogen-bond acceptors (Lipinski definition) is 3. The number of amides is 1. The summed E-state index contributed by atoms with van der Waals surface area (Å²) in [7, 11) is 0. The Bertz CT molecular complexity index is 622. The number of halogens is 1. The zero-order valence-electron chi connectivity index (χ0n) is 10.8. The molecule has 0 saturated carbocycles. The van der Waals surface area contributed by atoms with Crippen molar-refractivity contribution in [1.29, 1.82) is 0 Å². The summed E-state index contributed by atoms with van der Waals surface area (Å²) in [5, 5.41) is 7.65. The van der Waals surface area contributed by atoms with E-state index in [0.29, 0.717) is 16.4 Å². The highest BCUT2D eigenvalue weighted by Crippen LogP contribution is 2.26. The summed E-state index contributed by atoms with van der Waals surface area (Å²) in [6.45, 7) is 1.59. The predicted octanol–water partition coefficient (Wildman–Crippen LogP) is 2.92. The minimum Gasteiger partial charge on any atom is -0.336 e. The molecule has 1 amide bonds. The van der Waals surface area contributed by atoms with E-state index in [-0.39, 0.29) is 5.91 Å². The van der Waals surface area contributed by atoms with Crippen LogP contribution in [0.15, 0.2) is 30.3 Å². The van der Waals surface area contributed by atoms with Crippen LogP contribution < -0.4 is 0 Å². The van der Waals surface area contributed by atoms with Crippen LogP contribution in [-0.2, 0) is 0 Å². The van der Waals surface area contributed by atoms with E-state index in [1.807, 2.05) is 40.9 Å². The Hall–Kier alpha value is -1.46. The summed E-state index contributed by atoms with van der Waals surface area (Å²) < 4.78 is 0. The highest BCUT2D eigenvalue weighted by Gasteiger charge is 2.20. The third kappa shape index (κ3) is 2.69. The lowest BCUT2D eigenvalue weighted by atomic mass is 10.1. The van der Waals surface area contributed by atoms with E-state index in [2.05, 4.69) is 10.2 Å². The summed E-state index contributed by atoms with van der Waals surface area (Å²) in [6, 6.07) is 9.25. The monoisotopic (exact) mass is 307 g/mol. The van der Waals surface area contributed by atoms with Crippen LogP contribution in [0.5, 0.6) is 0 Å². The molecule has 1 saturated heterocycles. The first kappa shape index (κ1) is 13.5. The van der Waals surface area contributed by atoms with Gasteiger partial charge in [-0.1, -0.05) is 29.8 Å². The normalized spacial score (nSPS) is 15.3. The molecule has 0 aliphatic carbocycles. The second-order valence-electron chi connectivity index (χ2n) is 4.55. The Labute approximate surface area is 126 Å². The van der Waals surface area contributed by atoms with E-state index in [4.69, 9.17) is 11.6 Å². The van der Waals surface area contributed by atoms with Gasteiger partial charge in [0, 0.05) is 30.2 Å². The lowest BCUT2D eigenvalue weighted by molar-refractivity contribution is 0.0766. The summed E-state index contributed by atoms with van der Waals surface area (Å²) in [6.07, 6.45) is 0. The standard InChI is InChI=1S/C14H14ClN3OS/c15-11-4-2-1-3-10(11)12-9-13(17-16-12)14(19)18-5-7-20-8-6-18/h1-4,9H,5-8H2,(H,16,17). The molecule has 0 radical (unpaired) electrons. The SMILES string of the molecule is O=C(c1cc(-c2ccccc2Cl)n[nH]1)N1CCSCC1. The molecular formula is C14H14ClN3OS. The molecule has 2 aromatic rings. The molecule has 0 atom stereocenters. The third-order valence-electron chi connectivity index (χ3n) is 3.26. The van der Waals surface area contributed by atoms with Crippen molar-refractivity contribution in [1.82, 2.24) is 15.1 Å². The average molecular weight is 308 g/mol. The number of carbonyl (C=O) groups is 1. The molecule has 1 aromatic carbocycles. The minimum absolute atomic E-state index is 0.0103. The molecule has 0 bridgehead atoms. The lowest BCUT2D eigenvalue weighted by Gasteiger charge is -2.25. The van der Waals surface area contributed by atoms with Crippen LogP contribution in [-0.4, -0.2) is 45.6 Å². The molecule has 6 heteroatoms. The van der Waals surface area contributed by atoms with Crippen molar-refractivity contribution in [3.8, 4) is 11.3 Å². The van der Waals surface area contributed by atoms with Crippen molar-refractivity contribution in [3.63, 3.8) is 0 Å². The maximum atomic E-state index is 12.3. The van der Waals surface area contributed by atoms with E-state index in [9.17, 15) is 4.79 Å². The van der Waals surface area contributed by atoms with Gasteiger partial charge in [0.25, 0.3) is 5.91 Å². The first-order valence-corrected chi connectivity index (χ1v) is 7.96. The zero-order chi connectivity index (χ0) is 13.9. The van der Waals surface area contributed by atoms with Crippen molar-refractivity contribution in [2.24, 2.45) is 0 Å². The van der Waals surface area contributed by atoms with Crippen molar-refractivity contribution < 1.29 is 4.79 Å². The molecule has 1 aliphatic heterocycles. The molecule has 3 rings (SSSR count). The van der Waals surface area contributed by atoms with Crippen LogP contribution in [0, 0.1) is 0 Å². The number of aromatic nitrogens is 2. The van der Waals surface area contributed by atoms with Crippen LogP contribution in [0.1, 0.15) is 10.5 Å². The van der Waals surface area contributed by atoms with E-state index >= 15 is 0 Å². The molecular weight excluding hydrogens is 294 g/mol. The van der Waals surface area contributed by atoms with E-state index < -0.39 is 0 Å². The average Bonchev–Trinajstić information content (AvgIpc) is 2.97. The molecule has 20 heavy (non-hydrogen) atoms. The number of nitrogens with one attached hydrogen (secondary N) is 1. The molecule has 4 nitrogen and oxygen atoms in total. The number of carbonyl (C=O) groups excluding carboxylic acids is 1. The number of H-pyrrole nitrogens is 1. The zero-order valence-corrected chi connectivity index (χ0v) is 12.4. The number of aromatic amines is 1. The van der Waals surface area contributed by atoms with Crippen LogP contribution in [0.4, 0.5) is 0 Å². The van der Waals surface area contributed by atoms with Crippen LogP contribution >= 0.6 is 23.4 Å². The first-order chi connectivity index (χ1) is 9.75. The molecule has 1 N–H and O–H groups in total. The fraction of sp³-hybridized carbons (Fsp3) is 0.286. The van der Waals surface area contributed by atoms with Gasteiger partial charge in [-0.25, -0.2) is 0 Å². The maximum absolute atomic E-state index is 12.3. The third-order valence-corrected chi connectivity index (χ3v) is 4.53. The molecule has 2 heterocycles. The van der Waals surface area contributed by atoms with Gasteiger partial charge in [0.15, 0.2) is 0 Å². The number of hydrogen-bond donors (Lipinski definition) is 1. The quantitative estimate of drug-likeness (QED) is 0.928. The van der Waals surface area contributed by atoms with Crippen molar-refractivity contribution in [2.45, 2.75) is 0 Å². The molecule has 0 spiro atoms. The molecule has 104 valence electrons. The second-order valence-corrected chi connectivity index (χ2v) is 6.18. The highest BCUT2D eigenvalue weighted by molar-refractivity contribution is 7.99. The number of thioether (sulfide) groups is 1. The van der Waals surface area contributed by atoms with Gasteiger partial charge in [-0.15, -0.1) is 0 Å². The Kier molecular flexibility index (Phi) is 3.98. The van der Waals surface area contributed by atoms with Gasteiger partial charge in [-0.3, -0.25) is 9.89 Å². The molecule has 0 unspecified atom stereocenters. The molecule has 1 aliphatic rings. The molecule has 1 fully saturated rings. The smallest absolute Gasteiger partial charge is 0.271 e. The van der Waals surface area contributed by atoms with Gasteiger partial charge in [0.2, 0.25) is 0 Å². The maximum Gasteiger partial charge on any atom is 0.271 e. The Morgan fingerprint density at radius 3 is 2.80 bits per heavy atom. The largest absolute Gasteiger partial charge is 0.336 e. The summed E-state index contributed by atoms with van der Waals surface area (Å²) >= 11 is 8.02. The van der Waals surface area contributed by atoms with Crippen LogP contribution in [0.3, 0.4) is 0 Å². The van der Waals surface area contributed by atoms with Gasteiger partial charge < -0.3 is 4.90 Å². The first-order valence-electron chi connectivity index (χ1n) is 6.43. The number of nitrogens with zero attached hydrogens (tertiary/aromatic N) is 2. The summed E-state index contributed by atoms with van der Waals surface area (Å²) in [5.41, 5.74) is 2.05. The van der Waals surface area contributed by atoms with Crippen molar-refractivity contribution >= 4 is 29.3 Å². The Balaban J connectivity index is 1.83. The number of rotatable bonds is 2.